The summed E-state index contributed by atoms with van der Waals surface area (Å²) in [5, 5.41) is 23.0. The second-order valence-corrected chi connectivity index (χ2v) is 8.88. The van der Waals surface area contributed by atoms with Gasteiger partial charge in [-0.2, -0.15) is 0 Å². The molecule has 2 saturated heterocycles. The Morgan fingerprint density at radius 2 is 2.03 bits per heavy atom. The Hall–Kier alpha value is -3.46. The van der Waals surface area contributed by atoms with Crippen LogP contribution in [0.4, 0.5) is 15.0 Å². The number of phenols is 1. The number of hydrogen-bond acceptors (Lipinski definition) is 6. The lowest BCUT2D eigenvalue weighted by Gasteiger charge is -2.34. The molecule has 0 radical (unpaired) electrons. The van der Waals surface area contributed by atoms with Crippen LogP contribution in [0.15, 0.2) is 42.5 Å². The number of carbonyl (C=O) groups is 1. The van der Waals surface area contributed by atoms with E-state index >= 15 is 0 Å². The minimum Gasteiger partial charge on any atom is -0.507 e. The molecule has 2 aromatic carbocycles. The number of carboxylic acid groups (broad SMARTS) is 1. The smallest absolute Gasteiger partial charge is 0.404 e. The lowest BCUT2D eigenvalue weighted by molar-refractivity contribution is 0.00629. The number of hydrogen-bond donors (Lipinski definition) is 3. The number of benzene rings is 2. The molecule has 1 amide bonds. The molecule has 3 N–H and O–H groups in total. The average Bonchev–Trinajstić information content (AvgIpc) is 3.20. The van der Waals surface area contributed by atoms with Crippen LogP contribution in [-0.4, -0.2) is 57.6 Å². The normalized spacial score (nSPS) is 22.7. The minimum absolute atomic E-state index is 0.0277. The lowest BCUT2D eigenvalue weighted by atomic mass is 9.97. The fourth-order valence-electron chi connectivity index (χ4n) is 5.08. The van der Waals surface area contributed by atoms with Crippen LogP contribution in [0.25, 0.3) is 22.3 Å². The molecule has 0 saturated carbocycles. The van der Waals surface area contributed by atoms with Gasteiger partial charge in [-0.1, -0.05) is 12.1 Å². The number of halogens is 1. The predicted octanol–water partition coefficient (Wildman–Crippen LogP) is 4.32. The quantitative estimate of drug-likeness (QED) is 0.514. The van der Waals surface area contributed by atoms with Crippen LogP contribution in [0.5, 0.6) is 5.75 Å². The zero-order chi connectivity index (χ0) is 23.7. The zero-order valence-electron chi connectivity index (χ0n) is 18.7. The number of fused-ring (bicyclic) bond motifs is 1. The van der Waals surface area contributed by atoms with Gasteiger partial charge in [-0.15, -0.1) is 0 Å². The van der Waals surface area contributed by atoms with Crippen molar-refractivity contribution in [3.63, 3.8) is 0 Å². The molecule has 9 heteroatoms. The summed E-state index contributed by atoms with van der Waals surface area (Å²) in [7, 11) is 0. The summed E-state index contributed by atoms with van der Waals surface area (Å²) < 4.78 is 20.3. The third-order valence-corrected chi connectivity index (χ3v) is 6.69. The topological polar surface area (TPSA) is 108 Å². The van der Waals surface area contributed by atoms with Crippen molar-refractivity contribution in [2.75, 3.05) is 18.1 Å². The summed E-state index contributed by atoms with van der Waals surface area (Å²) >= 11 is 0. The van der Waals surface area contributed by atoms with Crippen molar-refractivity contribution in [2.24, 2.45) is 0 Å². The van der Waals surface area contributed by atoms with Crippen LogP contribution >= 0.6 is 0 Å². The van der Waals surface area contributed by atoms with Gasteiger partial charge in [-0.05, 0) is 62.4 Å². The molecule has 0 spiro atoms. The highest BCUT2D eigenvalue weighted by Crippen LogP contribution is 2.36. The van der Waals surface area contributed by atoms with Crippen molar-refractivity contribution in [2.45, 2.75) is 50.3 Å². The van der Waals surface area contributed by atoms with Crippen LogP contribution in [0.3, 0.4) is 0 Å². The molecule has 8 nitrogen and oxygen atoms in total. The number of amides is 1. The van der Waals surface area contributed by atoms with E-state index in [9.17, 15) is 19.4 Å². The van der Waals surface area contributed by atoms with Crippen molar-refractivity contribution in [1.82, 2.24) is 15.3 Å². The molecule has 3 heterocycles. The first-order chi connectivity index (χ1) is 16.5. The largest absolute Gasteiger partial charge is 0.507 e. The molecule has 3 atom stereocenters. The van der Waals surface area contributed by atoms with E-state index < -0.39 is 11.9 Å². The Labute approximate surface area is 196 Å². The molecular weight excluding hydrogens is 439 g/mol. The van der Waals surface area contributed by atoms with Gasteiger partial charge in [-0.25, -0.2) is 19.2 Å². The number of phenolic OH excluding ortho intramolecular Hbond substituents is 1. The standard InChI is InChI=1S/C25H27FN4O4/c26-15-8-9-19-18(13-15)24(29-23(27-19)17-6-1-2-7-22(17)31)30-11-10-20(28-25(32)33)21(30)14-16-5-3-4-12-34-16/h1-2,6-9,13,16,20-21,28,31H,3-5,10-12,14H2,(H,32,33). The van der Waals surface area contributed by atoms with E-state index in [2.05, 4.69) is 10.3 Å². The number of aromatic nitrogens is 2. The highest BCUT2D eigenvalue weighted by molar-refractivity contribution is 5.92. The maximum atomic E-state index is 14.3. The van der Waals surface area contributed by atoms with Crippen molar-refractivity contribution in [3.05, 3.63) is 48.3 Å². The molecule has 2 aliphatic heterocycles. The van der Waals surface area contributed by atoms with E-state index in [0.717, 1.165) is 19.3 Å². The van der Waals surface area contributed by atoms with Crippen LogP contribution in [0.2, 0.25) is 0 Å². The van der Waals surface area contributed by atoms with Crippen LogP contribution < -0.4 is 10.2 Å². The monoisotopic (exact) mass is 466 g/mol. The summed E-state index contributed by atoms with van der Waals surface area (Å²) in [5.41, 5.74) is 1.02. The van der Waals surface area contributed by atoms with Gasteiger partial charge in [0.2, 0.25) is 0 Å². The second-order valence-electron chi connectivity index (χ2n) is 8.88. The van der Waals surface area contributed by atoms with Gasteiger partial charge in [0.25, 0.3) is 0 Å². The number of nitrogens with zero attached hydrogens (tertiary/aromatic N) is 3. The fourth-order valence-corrected chi connectivity index (χ4v) is 5.08. The molecule has 2 aliphatic rings. The van der Waals surface area contributed by atoms with E-state index in [4.69, 9.17) is 9.72 Å². The molecule has 1 aromatic heterocycles. The highest BCUT2D eigenvalue weighted by Gasteiger charge is 2.39. The van der Waals surface area contributed by atoms with Crippen molar-refractivity contribution in [3.8, 4) is 17.1 Å². The lowest BCUT2D eigenvalue weighted by Crippen LogP contribution is -2.47. The third-order valence-electron chi connectivity index (χ3n) is 6.69. The molecule has 34 heavy (non-hydrogen) atoms. The predicted molar refractivity (Wildman–Crippen MR) is 126 cm³/mol. The van der Waals surface area contributed by atoms with E-state index in [1.54, 1.807) is 30.3 Å². The van der Waals surface area contributed by atoms with Gasteiger partial charge in [-0.3, -0.25) is 0 Å². The van der Waals surface area contributed by atoms with E-state index in [1.807, 2.05) is 4.90 Å². The van der Waals surface area contributed by atoms with Gasteiger partial charge in [0.1, 0.15) is 17.4 Å². The summed E-state index contributed by atoms with van der Waals surface area (Å²) in [5.74, 6) is 0.501. The Balaban J connectivity index is 1.60. The van der Waals surface area contributed by atoms with Gasteiger partial charge in [0.05, 0.1) is 29.3 Å². The third kappa shape index (κ3) is 4.48. The molecule has 0 aliphatic carbocycles. The highest BCUT2D eigenvalue weighted by atomic mass is 19.1. The first-order valence-corrected chi connectivity index (χ1v) is 11.6. The number of anilines is 1. The SMILES string of the molecule is O=C(O)NC1CCN(c2nc(-c3ccccc3O)nc3ccc(F)cc23)C1CC1CCCCO1. The summed E-state index contributed by atoms with van der Waals surface area (Å²) in [4.78, 5) is 22.9. The second kappa shape index (κ2) is 9.42. The number of para-hydroxylation sites is 1. The first kappa shape index (κ1) is 22.3. The molecular formula is C25H27FN4O4. The Morgan fingerprint density at radius 3 is 2.79 bits per heavy atom. The molecule has 5 rings (SSSR count). The van der Waals surface area contributed by atoms with E-state index in [-0.39, 0.29) is 23.9 Å². The zero-order valence-corrected chi connectivity index (χ0v) is 18.7. The summed E-state index contributed by atoms with van der Waals surface area (Å²) in [6.45, 7) is 1.25. The summed E-state index contributed by atoms with van der Waals surface area (Å²) in [6, 6.07) is 10.6. The van der Waals surface area contributed by atoms with E-state index in [1.165, 1.54) is 12.1 Å². The van der Waals surface area contributed by atoms with Crippen LogP contribution in [0, 0.1) is 5.82 Å². The van der Waals surface area contributed by atoms with Crippen molar-refractivity contribution in [1.29, 1.82) is 0 Å². The van der Waals surface area contributed by atoms with E-state index in [0.29, 0.717) is 54.1 Å². The molecule has 3 unspecified atom stereocenters. The Morgan fingerprint density at radius 1 is 1.18 bits per heavy atom. The van der Waals surface area contributed by atoms with Gasteiger partial charge in [0, 0.05) is 18.5 Å². The van der Waals surface area contributed by atoms with Crippen LogP contribution in [-0.2, 0) is 4.74 Å². The fraction of sp³-hybridized carbons (Fsp3) is 0.400. The average molecular weight is 467 g/mol. The molecule has 178 valence electrons. The number of nitrogens with one attached hydrogen (secondary N) is 1. The maximum Gasteiger partial charge on any atom is 0.404 e. The minimum atomic E-state index is -1.07. The van der Waals surface area contributed by atoms with Crippen molar-refractivity contribution >= 4 is 22.8 Å². The first-order valence-electron chi connectivity index (χ1n) is 11.6. The molecule has 2 fully saturated rings. The van der Waals surface area contributed by atoms with Crippen molar-refractivity contribution < 1.29 is 24.1 Å². The number of ether oxygens (including phenoxy) is 1. The molecule has 0 bridgehead atoms. The van der Waals surface area contributed by atoms with Crippen LogP contribution in [0.1, 0.15) is 32.1 Å². The maximum absolute atomic E-state index is 14.3. The Kier molecular flexibility index (Phi) is 6.19. The number of rotatable bonds is 5. The Bertz CT molecular complexity index is 1200. The molecule has 3 aromatic rings. The summed E-state index contributed by atoms with van der Waals surface area (Å²) in [6.07, 6.45) is 3.21. The number of aromatic hydroxyl groups is 1. The van der Waals surface area contributed by atoms with Gasteiger partial charge < -0.3 is 25.2 Å². The van der Waals surface area contributed by atoms with Gasteiger partial charge in [0.15, 0.2) is 5.82 Å². The van der Waals surface area contributed by atoms with Gasteiger partial charge >= 0.3 is 6.09 Å².